The van der Waals surface area contributed by atoms with Crippen molar-refractivity contribution in [1.29, 1.82) is 0 Å². The van der Waals surface area contributed by atoms with Gasteiger partial charge in [0.25, 0.3) is 5.70 Å². The molecule has 0 atom stereocenters. The fourth-order valence-electron chi connectivity index (χ4n) is 2.25. The molecule has 0 aliphatic carbocycles. The lowest BCUT2D eigenvalue weighted by Gasteiger charge is -2.01. The second-order valence-corrected chi connectivity index (χ2v) is 5.82. The van der Waals surface area contributed by atoms with Gasteiger partial charge < -0.3 is 4.42 Å². The molecule has 3 aromatic rings. The highest BCUT2D eigenvalue weighted by molar-refractivity contribution is 6.36. The van der Waals surface area contributed by atoms with Crippen LogP contribution in [0.1, 0.15) is 11.3 Å². The van der Waals surface area contributed by atoms with E-state index in [0.717, 1.165) is 0 Å². The van der Waals surface area contributed by atoms with E-state index >= 15 is 0 Å². The van der Waals surface area contributed by atoms with Gasteiger partial charge in [0.1, 0.15) is 11.5 Å². The fourth-order valence-corrected chi connectivity index (χ4v) is 2.75. The van der Waals surface area contributed by atoms with E-state index in [1.165, 1.54) is 6.08 Å². The molecule has 0 bridgehead atoms. The third-order valence-electron chi connectivity index (χ3n) is 3.37. The van der Waals surface area contributed by atoms with Gasteiger partial charge >= 0.3 is 0 Å². The number of hydrogen-bond acceptors (Lipinski definition) is 3. The zero-order valence-electron chi connectivity index (χ0n) is 12.3. The Morgan fingerprint density at radius 2 is 1.79 bits per heavy atom. The van der Waals surface area contributed by atoms with Gasteiger partial charge in [0.15, 0.2) is 0 Å². The molecule has 1 aromatic heterocycles. The number of furan rings is 1. The quantitative estimate of drug-likeness (QED) is 0.422. The normalized spacial score (nSPS) is 11.5. The summed E-state index contributed by atoms with van der Waals surface area (Å²) in [6.07, 6.45) is 1.39. The lowest BCUT2D eigenvalue weighted by molar-refractivity contribution is -0.374. The Kier molecular flexibility index (Phi) is 4.69. The van der Waals surface area contributed by atoms with Crippen molar-refractivity contribution >= 4 is 35.0 Å². The van der Waals surface area contributed by atoms with Crippen LogP contribution in [0.15, 0.2) is 65.1 Å². The minimum Gasteiger partial charge on any atom is -0.456 e. The molecule has 0 saturated carbocycles. The molecule has 0 saturated heterocycles. The Morgan fingerprint density at radius 3 is 2.46 bits per heavy atom. The molecule has 0 radical (unpaired) electrons. The average molecular weight is 360 g/mol. The zero-order valence-corrected chi connectivity index (χ0v) is 13.8. The monoisotopic (exact) mass is 359 g/mol. The molecule has 2 aromatic carbocycles. The van der Waals surface area contributed by atoms with E-state index in [1.807, 2.05) is 0 Å². The van der Waals surface area contributed by atoms with E-state index in [0.29, 0.717) is 32.7 Å². The molecule has 0 spiro atoms. The Hall–Kier alpha value is -2.56. The first-order valence-electron chi connectivity index (χ1n) is 7.01. The summed E-state index contributed by atoms with van der Waals surface area (Å²) in [7, 11) is 0. The van der Waals surface area contributed by atoms with Gasteiger partial charge in [0.2, 0.25) is 0 Å². The van der Waals surface area contributed by atoms with Crippen molar-refractivity contribution in [2.75, 3.05) is 0 Å². The van der Waals surface area contributed by atoms with Crippen LogP contribution >= 0.6 is 23.2 Å². The standard InChI is InChI=1S/C18H11Cl2NO3/c19-13-6-8-15(16(20)10-13)18-9-7-14(24-18)11-17(21(22)23)12-4-2-1-3-5-12/h1-11H/b17-11-. The molecular formula is C18H11Cl2NO3. The Bertz CT molecular complexity index is 917. The second kappa shape index (κ2) is 6.91. The lowest BCUT2D eigenvalue weighted by atomic mass is 10.1. The lowest BCUT2D eigenvalue weighted by Crippen LogP contribution is -1.97. The maximum atomic E-state index is 11.3. The summed E-state index contributed by atoms with van der Waals surface area (Å²) in [6, 6.07) is 17.1. The largest absolute Gasteiger partial charge is 0.456 e. The molecule has 1 heterocycles. The van der Waals surface area contributed by atoms with Gasteiger partial charge in [-0.25, -0.2) is 0 Å². The van der Waals surface area contributed by atoms with Crippen LogP contribution < -0.4 is 0 Å². The van der Waals surface area contributed by atoms with Crippen LogP contribution in [0.2, 0.25) is 10.0 Å². The van der Waals surface area contributed by atoms with Crippen LogP contribution in [0.5, 0.6) is 0 Å². The molecular weight excluding hydrogens is 349 g/mol. The van der Waals surface area contributed by atoms with Gasteiger partial charge in [-0.3, -0.25) is 10.1 Å². The molecule has 6 heteroatoms. The highest BCUT2D eigenvalue weighted by atomic mass is 35.5. The van der Waals surface area contributed by atoms with Gasteiger partial charge in [-0.2, -0.15) is 0 Å². The van der Waals surface area contributed by atoms with Gasteiger partial charge in [0, 0.05) is 10.6 Å². The topological polar surface area (TPSA) is 56.3 Å². The Labute approximate surface area is 148 Å². The van der Waals surface area contributed by atoms with Gasteiger partial charge in [-0.15, -0.1) is 0 Å². The number of nitro groups is 1. The highest BCUT2D eigenvalue weighted by Gasteiger charge is 2.16. The Morgan fingerprint density at radius 1 is 1.04 bits per heavy atom. The third kappa shape index (κ3) is 3.50. The number of hydrogen-bond donors (Lipinski definition) is 0. The maximum absolute atomic E-state index is 11.3. The number of nitrogens with zero attached hydrogens (tertiary/aromatic N) is 1. The first-order valence-corrected chi connectivity index (χ1v) is 7.77. The van der Waals surface area contributed by atoms with Crippen LogP contribution in [-0.4, -0.2) is 4.92 Å². The highest BCUT2D eigenvalue weighted by Crippen LogP contribution is 2.32. The molecule has 0 unspecified atom stereocenters. The second-order valence-electron chi connectivity index (χ2n) is 4.98. The van der Waals surface area contributed by atoms with Crippen molar-refractivity contribution in [2.24, 2.45) is 0 Å². The average Bonchev–Trinajstić information content (AvgIpc) is 3.01. The van der Waals surface area contributed by atoms with Crippen LogP contribution in [0, 0.1) is 10.1 Å². The predicted molar refractivity (Wildman–Crippen MR) is 95.5 cm³/mol. The van der Waals surface area contributed by atoms with Gasteiger partial charge in [-0.05, 0) is 42.5 Å². The van der Waals surface area contributed by atoms with Crippen molar-refractivity contribution in [1.82, 2.24) is 0 Å². The molecule has 120 valence electrons. The summed E-state index contributed by atoms with van der Waals surface area (Å²) in [6.45, 7) is 0. The molecule has 4 nitrogen and oxygen atoms in total. The first kappa shape index (κ1) is 16.3. The fraction of sp³-hybridized carbons (Fsp3) is 0. The van der Waals surface area contributed by atoms with Gasteiger partial charge in [-0.1, -0.05) is 41.4 Å². The molecule has 0 amide bonds. The summed E-state index contributed by atoms with van der Waals surface area (Å²) >= 11 is 12.0. The van der Waals surface area contributed by atoms with E-state index in [1.54, 1.807) is 60.7 Å². The first-order chi connectivity index (χ1) is 11.5. The number of benzene rings is 2. The smallest absolute Gasteiger partial charge is 0.280 e. The van der Waals surface area contributed by atoms with Crippen molar-refractivity contribution < 1.29 is 9.34 Å². The molecule has 0 aliphatic rings. The SMILES string of the molecule is O=[N+]([O-])/C(=C\c1ccc(-c2ccc(Cl)cc2Cl)o1)c1ccccc1. The zero-order chi connectivity index (χ0) is 17.1. The van der Waals surface area contributed by atoms with Crippen LogP contribution in [0.4, 0.5) is 0 Å². The Balaban J connectivity index is 1.99. The van der Waals surface area contributed by atoms with E-state index in [-0.39, 0.29) is 5.70 Å². The minimum absolute atomic E-state index is 0.0429. The number of halogens is 2. The van der Waals surface area contributed by atoms with Crippen molar-refractivity contribution in [3.8, 4) is 11.3 Å². The van der Waals surface area contributed by atoms with Crippen LogP contribution in [0.25, 0.3) is 23.1 Å². The summed E-state index contributed by atoms with van der Waals surface area (Å²) < 4.78 is 5.68. The summed E-state index contributed by atoms with van der Waals surface area (Å²) in [5.41, 5.74) is 1.13. The molecule has 3 rings (SSSR count). The van der Waals surface area contributed by atoms with E-state index < -0.39 is 4.92 Å². The van der Waals surface area contributed by atoms with Crippen LogP contribution in [0.3, 0.4) is 0 Å². The van der Waals surface area contributed by atoms with Crippen molar-refractivity contribution in [2.45, 2.75) is 0 Å². The molecule has 0 fully saturated rings. The maximum Gasteiger partial charge on any atom is 0.280 e. The van der Waals surface area contributed by atoms with E-state index in [9.17, 15) is 10.1 Å². The predicted octanol–water partition coefficient (Wildman–Crippen LogP) is 6.03. The molecule has 24 heavy (non-hydrogen) atoms. The van der Waals surface area contributed by atoms with E-state index in [2.05, 4.69) is 0 Å². The van der Waals surface area contributed by atoms with Gasteiger partial charge in [0.05, 0.1) is 21.6 Å². The summed E-state index contributed by atoms with van der Waals surface area (Å²) in [5, 5.41) is 12.3. The molecule has 0 N–H and O–H groups in total. The summed E-state index contributed by atoms with van der Waals surface area (Å²) in [4.78, 5) is 10.9. The summed E-state index contributed by atoms with van der Waals surface area (Å²) in [5.74, 6) is 0.880. The minimum atomic E-state index is -0.438. The molecule has 0 aliphatic heterocycles. The van der Waals surface area contributed by atoms with Crippen molar-refractivity contribution in [3.05, 3.63) is 92.1 Å². The number of rotatable bonds is 4. The van der Waals surface area contributed by atoms with Crippen molar-refractivity contribution in [3.63, 3.8) is 0 Å². The van der Waals surface area contributed by atoms with Crippen LogP contribution in [-0.2, 0) is 0 Å². The van der Waals surface area contributed by atoms with E-state index in [4.69, 9.17) is 27.6 Å². The third-order valence-corrected chi connectivity index (χ3v) is 3.92.